The van der Waals surface area contributed by atoms with Gasteiger partial charge in [-0.05, 0) is 52.7 Å². The lowest BCUT2D eigenvalue weighted by Crippen LogP contribution is -2.30. The average molecular weight is 357 g/mol. The Bertz CT molecular complexity index is 834. The molecular formula is C17H17ClN6O. The van der Waals surface area contributed by atoms with Crippen LogP contribution in [-0.4, -0.2) is 31.1 Å². The van der Waals surface area contributed by atoms with Gasteiger partial charge in [-0.3, -0.25) is 9.78 Å². The molecule has 3 rings (SSSR count). The van der Waals surface area contributed by atoms with E-state index in [1.54, 1.807) is 24.0 Å². The number of pyridine rings is 1. The number of hydrogen-bond acceptors (Lipinski definition) is 5. The Morgan fingerprint density at radius 1 is 1.16 bits per heavy atom. The van der Waals surface area contributed by atoms with E-state index >= 15 is 0 Å². The van der Waals surface area contributed by atoms with Crippen molar-refractivity contribution >= 4 is 17.5 Å². The smallest absolute Gasteiger partial charge is 0.222 e. The summed E-state index contributed by atoms with van der Waals surface area (Å²) in [6.45, 7) is 2.22. The molecule has 8 heteroatoms. The predicted octanol–water partition coefficient (Wildman–Crippen LogP) is 2.33. The number of aromatic nitrogens is 5. The normalized spacial score (nSPS) is 11.9. The fourth-order valence-electron chi connectivity index (χ4n) is 2.47. The standard InChI is InChI=1S/C17H17ClN6O/c1-12-21-22-23-24(12)11-8-16(25)20-17(14-6-9-19-10-7-14)13-2-4-15(18)5-3-13/h2-7,9-10,17H,8,11H2,1H3,(H,20,25)/t17-/m0/s1. The largest absolute Gasteiger partial charge is 0.345 e. The van der Waals surface area contributed by atoms with E-state index in [2.05, 4.69) is 25.8 Å². The Morgan fingerprint density at radius 2 is 1.84 bits per heavy atom. The molecule has 0 aliphatic heterocycles. The number of aryl methyl sites for hydroxylation is 2. The molecule has 0 bridgehead atoms. The van der Waals surface area contributed by atoms with Crippen molar-refractivity contribution in [2.45, 2.75) is 25.9 Å². The molecule has 0 fully saturated rings. The summed E-state index contributed by atoms with van der Waals surface area (Å²) in [4.78, 5) is 16.5. The van der Waals surface area contributed by atoms with Crippen molar-refractivity contribution in [2.24, 2.45) is 0 Å². The first-order valence-electron chi connectivity index (χ1n) is 7.81. The first-order valence-corrected chi connectivity index (χ1v) is 8.19. The van der Waals surface area contributed by atoms with Crippen LogP contribution >= 0.6 is 11.6 Å². The fraction of sp³-hybridized carbons (Fsp3) is 0.235. The van der Waals surface area contributed by atoms with Crippen molar-refractivity contribution in [3.63, 3.8) is 0 Å². The molecule has 25 heavy (non-hydrogen) atoms. The topological polar surface area (TPSA) is 85.6 Å². The van der Waals surface area contributed by atoms with Crippen LogP contribution in [0.5, 0.6) is 0 Å². The summed E-state index contributed by atoms with van der Waals surface area (Å²) in [7, 11) is 0. The summed E-state index contributed by atoms with van der Waals surface area (Å²) in [6, 6.07) is 10.9. The summed E-state index contributed by atoms with van der Waals surface area (Å²) in [5, 5.41) is 14.9. The van der Waals surface area contributed by atoms with Crippen LogP contribution in [0.3, 0.4) is 0 Å². The van der Waals surface area contributed by atoms with Gasteiger partial charge in [0.05, 0.1) is 12.6 Å². The van der Waals surface area contributed by atoms with Gasteiger partial charge in [0.1, 0.15) is 5.82 Å². The second-order valence-corrected chi connectivity index (χ2v) is 5.97. The lowest BCUT2D eigenvalue weighted by Gasteiger charge is -2.20. The minimum Gasteiger partial charge on any atom is -0.345 e. The van der Waals surface area contributed by atoms with Crippen LogP contribution in [-0.2, 0) is 11.3 Å². The maximum atomic E-state index is 12.4. The van der Waals surface area contributed by atoms with E-state index in [-0.39, 0.29) is 18.4 Å². The van der Waals surface area contributed by atoms with Crippen LogP contribution in [0.4, 0.5) is 0 Å². The number of amides is 1. The van der Waals surface area contributed by atoms with Gasteiger partial charge in [0, 0.05) is 23.8 Å². The average Bonchev–Trinajstić information content (AvgIpc) is 3.04. The molecule has 0 aliphatic rings. The van der Waals surface area contributed by atoms with Crippen LogP contribution in [0.15, 0.2) is 48.8 Å². The van der Waals surface area contributed by atoms with Gasteiger partial charge in [-0.2, -0.15) is 0 Å². The van der Waals surface area contributed by atoms with Gasteiger partial charge >= 0.3 is 0 Å². The Hall–Kier alpha value is -2.80. The van der Waals surface area contributed by atoms with Crippen LogP contribution < -0.4 is 5.32 Å². The number of nitrogens with zero attached hydrogens (tertiary/aromatic N) is 5. The van der Waals surface area contributed by atoms with Gasteiger partial charge in [0.2, 0.25) is 5.91 Å². The van der Waals surface area contributed by atoms with Crippen molar-refractivity contribution in [1.29, 1.82) is 0 Å². The van der Waals surface area contributed by atoms with Gasteiger partial charge < -0.3 is 5.32 Å². The first kappa shape index (κ1) is 17.0. The fourth-order valence-corrected chi connectivity index (χ4v) is 2.59. The molecular weight excluding hydrogens is 340 g/mol. The molecule has 0 aliphatic carbocycles. The third-order valence-electron chi connectivity index (χ3n) is 3.81. The molecule has 2 aromatic heterocycles. The van der Waals surface area contributed by atoms with Crippen LogP contribution in [0, 0.1) is 6.92 Å². The third kappa shape index (κ3) is 4.39. The number of hydrogen-bond donors (Lipinski definition) is 1. The Labute approximate surface area is 150 Å². The zero-order valence-electron chi connectivity index (χ0n) is 13.6. The molecule has 128 valence electrons. The maximum Gasteiger partial charge on any atom is 0.222 e. The minimum atomic E-state index is -0.275. The highest BCUT2D eigenvalue weighted by atomic mass is 35.5. The lowest BCUT2D eigenvalue weighted by atomic mass is 9.99. The molecule has 2 heterocycles. The molecule has 1 N–H and O–H groups in total. The first-order chi connectivity index (χ1) is 12.1. The highest BCUT2D eigenvalue weighted by Gasteiger charge is 2.17. The van der Waals surface area contributed by atoms with Crippen LogP contribution in [0.2, 0.25) is 5.02 Å². The molecule has 1 atom stereocenters. The van der Waals surface area contributed by atoms with E-state index in [1.165, 1.54) is 0 Å². The number of rotatable bonds is 6. The quantitative estimate of drug-likeness (QED) is 0.732. The van der Waals surface area contributed by atoms with E-state index in [1.807, 2.05) is 36.4 Å². The van der Waals surface area contributed by atoms with Crippen LogP contribution in [0.1, 0.15) is 29.4 Å². The zero-order valence-corrected chi connectivity index (χ0v) is 14.4. The van der Waals surface area contributed by atoms with Crippen molar-refractivity contribution in [2.75, 3.05) is 0 Å². The molecule has 0 unspecified atom stereocenters. The van der Waals surface area contributed by atoms with Crippen molar-refractivity contribution < 1.29 is 4.79 Å². The Morgan fingerprint density at radius 3 is 2.48 bits per heavy atom. The molecule has 0 radical (unpaired) electrons. The Balaban J connectivity index is 1.74. The molecule has 1 aromatic carbocycles. The van der Waals surface area contributed by atoms with Crippen molar-refractivity contribution in [3.8, 4) is 0 Å². The SMILES string of the molecule is Cc1nnnn1CCC(=O)N[C@H](c1ccncc1)c1ccc(Cl)cc1. The molecule has 0 saturated heterocycles. The minimum absolute atomic E-state index is 0.0911. The zero-order chi connectivity index (χ0) is 17.6. The third-order valence-corrected chi connectivity index (χ3v) is 4.06. The van der Waals surface area contributed by atoms with Gasteiger partial charge in [0.15, 0.2) is 0 Å². The number of benzene rings is 1. The summed E-state index contributed by atoms with van der Waals surface area (Å²) in [6.07, 6.45) is 3.69. The molecule has 0 saturated carbocycles. The molecule has 0 spiro atoms. The molecule has 1 amide bonds. The molecule has 3 aromatic rings. The van der Waals surface area contributed by atoms with Gasteiger partial charge in [0.25, 0.3) is 0 Å². The van der Waals surface area contributed by atoms with Gasteiger partial charge in [-0.15, -0.1) is 5.10 Å². The van der Waals surface area contributed by atoms with E-state index in [9.17, 15) is 4.79 Å². The van der Waals surface area contributed by atoms with E-state index in [4.69, 9.17) is 11.6 Å². The van der Waals surface area contributed by atoms with E-state index in [0.717, 1.165) is 11.1 Å². The lowest BCUT2D eigenvalue weighted by molar-refractivity contribution is -0.121. The number of nitrogens with one attached hydrogen (secondary N) is 1. The summed E-state index contributed by atoms with van der Waals surface area (Å²) in [5.41, 5.74) is 1.90. The van der Waals surface area contributed by atoms with Crippen molar-refractivity contribution in [3.05, 3.63) is 70.8 Å². The number of carbonyl (C=O) groups excluding carboxylic acids is 1. The van der Waals surface area contributed by atoms with Crippen LogP contribution in [0.25, 0.3) is 0 Å². The van der Waals surface area contributed by atoms with Gasteiger partial charge in [-0.25, -0.2) is 4.68 Å². The Kier molecular flexibility index (Phi) is 5.35. The maximum absolute atomic E-state index is 12.4. The number of halogens is 1. The monoisotopic (exact) mass is 356 g/mol. The number of carbonyl (C=O) groups is 1. The highest BCUT2D eigenvalue weighted by molar-refractivity contribution is 6.30. The van der Waals surface area contributed by atoms with E-state index in [0.29, 0.717) is 17.4 Å². The van der Waals surface area contributed by atoms with Crippen molar-refractivity contribution in [1.82, 2.24) is 30.5 Å². The molecule has 7 nitrogen and oxygen atoms in total. The summed E-state index contributed by atoms with van der Waals surface area (Å²) < 4.78 is 1.60. The van der Waals surface area contributed by atoms with E-state index < -0.39 is 0 Å². The summed E-state index contributed by atoms with van der Waals surface area (Å²) >= 11 is 5.97. The summed E-state index contributed by atoms with van der Waals surface area (Å²) in [5.74, 6) is 0.586. The predicted molar refractivity (Wildman–Crippen MR) is 92.8 cm³/mol. The second kappa shape index (κ2) is 7.85. The van der Waals surface area contributed by atoms with Gasteiger partial charge in [-0.1, -0.05) is 23.7 Å². The number of tetrazole rings is 1. The second-order valence-electron chi connectivity index (χ2n) is 5.53. The highest BCUT2D eigenvalue weighted by Crippen LogP contribution is 2.23.